The molecule has 2 nitrogen and oxygen atoms in total. The van der Waals surface area contributed by atoms with Gasteiger partial charge in [-0.1, -0.05) is 39.0 Å². The Morgan fingerprint density at radius 3 is 2.38 bits per heavy atom. The summed E-state index contributed by atoms with van der Waals surface area (Å²) >= 11 is 0. The smallest absolute Gasteiger partial charge is 0.0806 e. The van der Waals surface area contributed by atoms with Crippen LogP contribution in [0.5, 0.6) is 0 Å². The molecule has 2 rings (SSSR count). The van der Waals surface area contributed by atoms with E-state index in [0.29, 0.717) is 0 Å². The van der Waals surface area contributed by atoms with Crippen molar-refractivity contribution in [3.8, 4) is 12.1 Å². The summed E-state index contributed by atoms with van der Waals surface area (Å²) in [6.07, 6.45) is 9.10. The fourth-order valence-corrected chi connectivity index (χ4v) is 3.90. The van der Waals surface area contributed by atoms with E-state index in [0.717, 1.165) is 32.1 Å². The van der Waals surface area contributed by atoms with Crippen molar-refractivity contribution in [3.63, 3.8) is 0 Å². The fraction of sp³-hybridized carbons (Fsp3) is 0.857. The van der Waals surface area contributed by atoms with E-state index in [-0.39, 0.29) is 16.7 Å². The highest BCUT2D eigenvalue weighted by molar-refractivity contribution is 5.35. The summed E-state index contributed by atoms with van der Waals surface area (Å²) in [5, 5.41) is 18.8. The molecule has 2 unspecified atom stereocenters. The fourth-order valence-electron chi connectivity index (χ4n) is 3.90. The number of unbranched alkanes of at least 4 members (excludes halogenated alkanes) is 1. The highest BCUT2D eigenvalue weighted by Gasteiger charge is 2.76. The van der Waals surface area contributed by atoms with Gasteiger partial charge in [-0.25, -0.2) is 0 Å². The van der Waals surface area contributed by atoms with Crippen LogP contribution in [-0.2, 0) is 0 Å². The van der Waals surface area contributed by atoms with Gasteiger partial charge in [0.05, 0.1) is 23.5 Å². The maximum absolute atomic E-state index is 9.50. The third-order valence-corrected chi connectivity index (χ3v) is 4.85. The first-order chi connectivity index (χ1) is 7.77. The first-order valence-corrected chi connectivity index (χ1v) is 6.58. The van der Waals surface area contributed by atoms with Gasteiger partial charge in [0.2, 0.25) is 0 Å². The Morgan fingerprint density at radius 2 is 1.88 bits per heavy atom. The molecule has 1 spiro atoms. The van der Waals surface area contributed by atoms with Crippen molar-refractivity contribution in [1.29, 1.82) is 10.5 Å². The van der Waals surface area contributed by atoms with Crippen LogP contribution in [0.3, 0.4) is 0 Å². The molecule has 2 aliphatic rings. The average Bonchev–Trinajstić information content (AvgIpc) is 2.87. The van der Waals surface area contributed by atoms with E-state index in [9.17, 15) is 10.5 Å². The lowest BCUT2D eigenvalue weighted by atomic mass is 9.78. The predicted molar refractivity (Wildman–Crippen MR) is 62.2 cm³/mol. The van der Waals surface area contributed by atoms with Crippen LogP contribution in [0.2, 0.25) is 0 Å². The van der Waals surface area contributed by atoms with Gasteiger partial charge in [-0.15, -0.1) is 0 Å². The Kier molecular flexibility index (Phi) is 2.94. The van der Waals surface area contributed by atoms with E-state index < -0.39 is 0 Å². The second kappa shape index (κ2) is 4.10. The van der Waals surface area contributed by atoms with E-state index >= 15 is 0 Å². The van der Waals surface area contributed by atoms with E-state index in [1.165, 1.54) is 19.3 Å². The third kappa shape index (κ3) is 1.29. The van der Waals surface area contributed by atoms with Crippen molar-refractivity contribution < 1.29 is 0 Å². The van der Waals surface area contributed by atoms with Crippen LogP contribution in [0.4, 0.5) is 0 Å². The van der Waals surface area contributed by atoms with Crippen LogP contribution in [0.1, 0.15) is 58.3 Å². The molecule has 2 saturated carbocycles. The van der Waals surface area contributed by atoms with Gasteiger partial charge in [0, 0.05) is 5.41 Å². The molecule has 0 radical (unpaired) electrons. The third-order valence-electron chi connectivity index (χ3n) is 4.85. The Morgan fingerprint density at radius 1 is 1.19 bits per heavy atom. The van der Waals surface area contributed by atoms with Crippen molar-refractivity contribution in [2.24, 2.45) is 16.7 Å². The minimum Gasteiger partial charge on any atom is -0.198 e. The number of rotatable bonds is 3. The zero-order valence-corrected chi connectivity index (χ0v) is 10.1. The molecule has 0 aromatic heterocycles. The molecule has 0 aromatic rings. The molecule has 0 aliphatic heterocycles. The summed E-state index contributed by atoms with van der Waals surface area (Å²) in [6, 6.07) is 4.95. The van der Waals surface area contributed by atoms with Crippen LogP contribution < -0.4 is 0 Å². The highest BCUT2D eigenvalue weighted by atomic mass is 14.8. The summed E-state index contributed by atoms with van der Waals surface area (Å²) in [5.74, 6) is 0.0249. The summed E-state index contributed by atoms with van der Waals surface area (Å²) in [4.78, 5) is 0. The van der Waals surface area contributed by atoms with Crippen LogP contribution in [0, 0.1) is 39.4 Å². The summed E-state index contributed by atoms with van der Waals surface area (Å²) in [7, 11) is 0. The molecule has 0 N–H and O–H groups in total. The molecule has 86 valence electrons. The normalized spacial score (nSPS) is 35.3. The van der Waals surface area contributed by atoms with Crippen molar-refractivity contribution in [2.75, 3.05) is 0 Å². The number of nitrogens with zero attached hydrogens (tertiary/aromatic N) is 2. The van der Waals surface area contributed by atoms with Gasteiger partial charge < -0.3 is 0 Å². The zero-order chi connectivity index (χ0) is 11.6. The quantitative estimate of drug-likeness (QED) is 0.720. The largest absolute Gasteiger partial charge is 0.198 e. The lowest BCUT2D eigenvalue weighted by molar-refractivity contribution is 0.266. The first kappa shape index (κ1) is 11.5. The molecule has 0 bridgehead atoms. The van der Waals surface area contributed by atoms with Crippen molar-refractivity contribution >= 4 is 0 Å². The highest BCUT2D eigenvalue weighted by Crippen LogP contribution is 2.76. The molecule has 2 aliphatic carbocycles. The average molecular weight is 216 g/mol. The Labute approximate surface area is 98.3 Å². The van der Waals surface area contributed by atoms with Crippen LogP contribution >= 0.6 is 0 Å². The molecule has 0 amide bonds. The molecule has 0 saturated heterocycles. The Balaban J connectivity index is 2.20. The van der Waals surface area contributed by atoms with Crippen molar-refractivity contribution in [3.05, 3.63) is 0 Å². The minimum atomic E-state index is -0.280. The zero-order valence-electron chi connectivity index (χ0n) is 10.1. The number of nitriles is 2. The van der Waals surface area contributed by atoms with Crippen molar-refractivity contribution in [2.45, 2.75) is 58.3 Å². The molecule has 0 heterocycles. The molecule has 16 heavy (non-hydrogen) atoms. The number of hydrogen-bond donors (Lipinski definition) is 0. The number of hydrogen-bond acceptors (Lipinski definition) is 2. The van der Waals surface area contributed by atoms with Gasteiger partial charge in [0.1, 0.15) is 0 Å². The monoisotopic (exact) mass is 216 g/mol. The van der Waals surface area contributed by atoms with Crippen LogP contribution in [0.25, 0.3) is 0 Å². The van der Waals surface area contributed by atoms with E-state index in [4.69, 9.17) is 0 Å². The second-order valence-electron chi connectivity index (χ2n) is 5.47. The Bertz CT molecular complexity index is 341. The summed E-state index contributed by atoms with van der Waals surface area (Å²) in [5.41, 5.74) is -0.192. The molecular formula is C14H20N2. The van der Waals surface area contributed by atoms with Crippen LogP contribution in [-0.4, -0.2) is 0 Å². The molecular weight excluding hydrogens is 196 g/mol. The molecule has 2 fully saturated rings. The van der Waals surface area contributed by atoms with Gasteiger partial charge in [0.25, 0.3) is 0 Å². The van der Waals surface area contributed by atoms with Gasteiger partial charge in [-0.2, -0.15) is 10.5 Å². The SMILES string of the molecule is CCCCC1(C#N)C(C#N)C12CCCCC2. The van der Waals surface area contributed by atoms with Crippen LogP contribution in [0.15, 0.2) is 0 Å². The maximum Gasteiger partial charge on any atom is 0.0806 e. The van der Waals surface area contributed by atoms with Gasteiger partial charge in [-0.3, -0.25) is 0 Å². The van der Waals surface area contributed by atoms with Gasteiger partial charge in [0.15, 0.2) is 0 Å². The lowest BCUT2D eigenvalue weighted by Crippen LogP contribution is -2.16. The maximum atomic E-state index is 9.50. The minimum absolute atomic E-state index is 0.0249. The van der Waals surface area contributed by atoms with Gasteiger partial charge in [-0.05, 0) is 19.3 Å². The first-order valence-electron chi connectivity index (χ1n) is 6.58. The summed E-state index contributed by atoms with van der Waals surface area (Å²) in [6.45, 7) is 2.16. The topological polar surface area (TPSA) is 47.6 Å². The van der Waals surface area contributed by atoms with E-state index in [1.54, 1.807) is 0 Å². The second-order valence-corrected chi connectivity index (χ2v) is 5.47. The van der Waals surface area contributed by atoms with E-state index in [2.05, 4.69) is 19.1 Å². The van der Waals surface area contributed by atoms with E-state index in [1.807, 2.05) is 0 Å². The summed E-state index contributed by atoms with van der Waals surface area (Å²) < 4.78 is 0. The predicted octanol–water partition coefficient (Wildman–Crippen LogP) is 3.79. The molecule has 0 aromatic carbocycles. The lowest BCUT2D eigenvalue weighted by Gasteiger charge is -2.24. The molecule has 2 heteroatoms. The molecule has 2 atom stereocenters. The van der Waals surface area contributed by atoms with Gasteiger partial charge >= 0.3 is 0 Å². The Hall–Kier alpha value is -1.02. The van der Waals surface area contributed by atoms with Crippen molar-refractivity contribution in [1.82, 2.24) is 0 Å². The standard InChI is InChI=1S/C14H20N2/c1-2-3-7-14(11-16)12(10-15)13(14)8-5-4-6-9-13/h12H,2-9H2,1H3.